The zero-order valence-electron chi connectivity index (χ0n) is 11.2. The summed E-state index contributed by atoms with van der Waals surface area (Å²) < 4.78 is 6.93. The van der Waals surface area contributed by atoms with Gasteiger partial charge < -0.3 is 4.74 Å². The van der Waals surface area contributed by atoms with Crippen molar-refractivity contribution < 1.29 is 9.53 Å². The molecule has 1 saturated heterocycles. The maximum atomic E-state index is 12.4. The summed E-state index contributed by atoms with van der Waals surface area (Å²) in [5.41, 5.74) is 0.255. The predicted octanol–water partition coefficient (Wildman–Crippen LogP) is 0.0375. The van der Waals surface area contributed by atoms with Crippen LogP contribution in [-0.2, 0) is 23.0 Å². The molecule has 0 N–H and O–H groups in total. The Morgan fingerprint density at radius 3 is 2.67 bits per heavy atom. The van der Waals surface area contributed by atoms with E-state index in [1.807, 2.05) is 13.8 Å². The molecule has 1 fully saturated rings. The Kier molecular flexibility index (Phi) is 3.77. The highest BCUT2D eigenvalue weighted by Crippen LogP contribution is 2.19. The Morgan fingerprint density at radius 2 is 2.11 bits per heavy atom. The van der Waals surface area contributed by atoms with Gasteiger partial charge in [-0.1, -0.05) is 5.21 Å². The Labute approximate surface area is 107 Å². The van der Waals surface area contributed by atoms with Crippen LogP contribution in [0.5, 0.6) is 0 Å². The fraction of sp³-hybridized carbons (Fsp3) is 0.750. The predicted molar refractivity (Wildman–Crippen MR) is 66.2 cm³/mol. The third kappa shape index (κ3) is 2.76. The largest absolute Gasteiger partial charge is 0.379 e. The molecule has 6 heteroatoms. The van der Waals surface area contributed by atoms with E-state index >= 15 is 0 Å². The first kappa shape index (κ1) is 13.2. The van der Waals surface area contributed by atoms with Gasteiger partial charge in [0.25, 0.3) is 0 Å². The highest BCUT2D eigenvalue weighted by atomic mass is 16.5. The number of aryl methyl sites for hydroxylation is 1. The Morgan fingerprint density at radius 1 is 1.44 bits per heavy atom. The fourth-order valence-corrected chi connectivity index (χ4v) is 2.16. The summed E-state index contributed by atoms with van der Waals surface area (Å²) >= 11 is 0. The molecule has 6 nitrogen and oxygen atoms in total. The number of carbonyl (C=O) groups excluding carboxylic acids is 1. The minimum atomic E-state index is -0.471. The number of nitrogens with zero attached hydrogens (tertiary/aromatic N) is 4. The summed E-state index contributed by atoms with van der Waals surface area (Å²) in [6, 6.07) is 0. The summed E-state index contributed by atoms with van der Waals surface area (Å²) in [6.07, 6.45) is 2.12. The van der Waals surface area contributed by atoms with Crippen LogP contribution in [0, 0.1) is 0 Å². The van der Waals surface area contributed by atoms with Crippen molar-refractivity contribution in [3.63, 3.8) is 0 Å². The first-order valence-electron chi connectivity index (χ1n) is 6.21. The third-order valence-electron chi connectivity index (χ3n) is 3.48. The van der Waals surface area contributed by atoms with Gasteiger partial charge in [0.2, 0.25) is 0 Å². The molecule has 1 aromatic rings. The van der Waals surface area contributed by atoms with Crippen molar-refractivity contribution in [1.29, 1.82) is 0 Å². The van der Waals surface area contributed by atoms with Gasteiger partial charge in [-0.2, -0.15) is 0 Å². The molecule has 0 saturated carbocycles. The molecule has 0 radical (unpaired) electrons. The number of carbonyl (C=O) groups is 1. The molecule has 0 unspecified atom stereocenters. The van der Waals surface area contributed by atoms with Gasteiger partial charge in [0.05, 0.1) is 30.9 Å². The first-order chi connectivity index (χ1) is 8.50. The van der Waals surface area contributed by atoms with Crippen molar-refractivity contribution in [3.05, 3.63) is 11.9 Å². The van der Waals surface area contributed by atoms with Crippen molar-refractivity contribution in [2.75, 3.05) is 26.3 Å². The average molecular weight is 252 g/mol. The van der Waals surface area contributed by atoms with E-state index in [-0.39, 0.29) is 5.78 Å². The number of rotatable bonds is 4. The number of ketones is 1. The molecule has 1 aliphatic rings. The Bertz CT molecular complexity index is 421. The summed E-state index contributed by atoms with van der Waals surface area (Å²) in [6.45, 7) is 6.94. The van der Waals surface area contributed by atoms with E-state index < -0.39 is 5.54 Å². The number of morpholine rings is 1. The summed E-state index contributed by atoms with van der Waals surface area (Å²) in [7, 11) is 1.80. The van der Waals surface area contributed by atoms with Gasteiger partial charge in [0, 0.05) is 26.3 Å². The molecule has 2 rings (SSSR count). The van der Waals surface area contributed by atoms with Crippen LogP contribution in [-0.4, -0.2) is 57.5 Å². The van der Waals surface area contributed by atoms with Crippen molar-refractivity contribution in [2.24, 2.45) is 7.05 Å². The topological polar surface area (TPSA) is 60.2 Å². The van der Waals surface area contributed by atoms with E-state index in [4.69, 9.17) is 4.74 Å². The molecule has 0 spiro atoms. The number of hydrogen-bond donors (Lipinski definition) is 0. The molecule has 0 atom stereocenters. The Hall–Kier alpha value is -1.27. The molecule has 1 aliphatic heterocycles. The summed E-state index contributed by atoms with van der Waals surface area (Å²) in [5.74, 6) is 0.171. The molecular weight excluding hydrogens is 232 g/mol. The quantitative estimate of drug-likeness (QED) is 0.757. The smallest absolute Gasteiger partial charge is 0.158 e. The van der Waals surface area contributed by atoms with Crippen LogP contribution in [0.25, 0.3) is 0 Å². The lowest BCUT2D eigenvalue weighted by molar-refractivity contribution is -0.131. The lowest BCUT2D eigenvalue weighted by Crippen LogP contribution is -2.54. The SMILES string of the molecule is Cn1cc(CC(=O)C(C)(C)N2CCOCC2)nn1. The molecule has 0 aromatic carbocycles. The molecule has 0 amide bonds. The van der Waals surface area contributed by atoms with Gasteiger partial charge in [0.1, 0.15) is 0 Å². The molecule has 100 valence electrons. The lowest BCUT2D eigenvalue weighted by atomic mass is 9.93. The van der Waals surface area contributed by atoms with Crippen molar-refractivity contribution in [1.82, 2.24) is 19.9 Å². The second kappa shape index (κ2) is 5.16. The number of aromatic nitrogens is 3. The van der Waals surface area contributed by atoms with Crippen LogP contribution >= 0.6 is 0 Å². The second-order valence-electron chi connectivity index (χ2n) is 5.14. The molecule has 1 aromatic heterocycles. The lowest BCUT2D eigenvalue weighted by Gasteiger charge is -2.39. The van der Waals surface area contributed by atoms with Crippen molar-refractivity contribution in [3.8, 4) is 0 Å². The monoisotopic (exact) mass is 252 g/mol. The van der Waals surface area contributed by atoms with Gasteiger partial charge in [-0.25, -0.2) is 0 Å². The normalized spacial score (nSPS) is 17.9. The van der Waals surface area contributed by atoms with Gasteiger partial charge >= 0.3 is 0 Å². The van der Waals surface area contributed by atoms with Crippen LogP contribution in [0.4, 0.5) is 0 Å². The van der Waals surface area contributed by atoms with E-state index in [9.17, 15) is 4.79 Å². The standard InChI is InChI=1S/C12H20N4O2/c1-12(2,16-4-6-18-7-5-16)11(17)8-10-9-15(3)14-13-10/h9H,4-8H2,1-3H3. The van der Waals surface area contributed by atoms with E-state index in [1.54, 1.807) is 17.9 Å². The second-order valence-corrected chi connectivity index (χ2v) is 5.14. The maximum Gasteiger partial charge on any atom is 0.158 e. The zero-order valence-corrected chi connectivity index (χ0v) is 11.2. The van der Waals surface area contributed by atoms with Gasteiger partial charge in [-0.3, -0.25) is 14.4 Å². The first-order valence-corrected chi connectivity index (χ1v) is 6.21. The van der Waals surface area contributed by atoms with Crippen LogP contribution in [0.2, 0.25) is 0 Å². The fourth-order valence-electron chi connectivity index (χ4n) is 2.16. The van der Waals surface area contributed by atoms with Crippen LogP contribution in [0.3, 0.4) is 0 Å². The highest BCUT2D eigenvalue weighted by molar-refractivity contribution is 5.89. The molecule has 18 heavy (non-hydrogen) atoms. The van der Waals surface area contributed by atoms with E-state index in [2.05, 4.69) is 15.2 Å². The van der Waals surface area contributed by atoms with Gasteiger partial charge in [-0.05, 0) is 13.8 Å². The van der Waals surface area contributed by atoms with E-state index in [0.29, 0.717) is 19.6 Å². The number of ether oxygens (including phenoxy) is 1. The van der Waals surface area contributed by atoms with Gasteiger partial charge in [-0.15, -0.1) is 5.10 Å². The average Bonchev–Trinajstić information content (AvgIpc) is 2.76. The van der Waals surface area contributed by atoms with Crippen molar-refractivity contribution >= 4 is 5.78 Å². The number of Topliss-reactive ketones (excluding diaryl/α,β-unsaturated/α-hetero) is 1. The third-order valence-corrected chi connectivity index (χ3v) is 3.48. The van der Waals surface area contributed by atoms with Crippen LogP contribution in [0.1, 0.15) is 19.5 Å². The zero-order chi connectivity index (χ0) is 13.2. The van der Waals surface area contributed by atoms with E-state index in [0.717, 1.165) is 18.8 Å². The minimum Gasteiger partial charge on any atom is -0.379 e. The van der Waals surface area contributed by atoms with Gasteiger partial charge in [0.15, 0.2) is 5.78 Å². The molecule has 0 aliphatic carbocycles. The van der Waals surface area contributed by atoms with Crippen LogP contribution in [0.15, 0.2) is 6.20 Å². The Balaban J connectivity index is 2.02. The molecule has 0 bridgehead atoms. The number of hydrogen-bond acceptors (Lipinski definition) is 5. The van der Waals surface area contributed by atoms with Crippen LogP contribution < -0.4 is 0 Å². The minimum absolute atomic E-state index is 0.171. The van der Waals surface area contributed by atoms with Crippen molar-refractivity contribution in [2.45, 2.75) is 25.8 Å². The molecule has 2 heterocycles. The van der Waals surface area contributed by atoms with E-state index in [1.165, 1.54) is 0 Å². The maximum absolute atomic E-state index is 12.4. The summed E-state index contributed by atoms with van der Waals surface area (Å²) in [4.78, 5) is 14.6. The molecular formula is C12H20N4O2. The highest BCUT2D eigenvalue weighted by Gasteiger charge is 2.35. The summed E-state index contributed by atoms with van der Waals surface area (Å²) in [5, 5.41) is 7.81.